The van der Waals surface area contributed by atoms with Crippen molar-refractivity contribution < 1.29 is 20.1 Å². The van der Waals surface area contributed by atoms with Crippen LogP contribution in [0.4, 0.5) is 0 Å². The zero-order valence-electron chi connectivity index (χ0n) is 40.1. The first-order valence-corrected chi connectivity index (χ1v) is 26.9. The number of rotatable bonds is 10. The summed E-state index contributed by atoms with van der Waals surface area (Å²) in [7, 11) is -1.35. The summed E-state index contributed by atoms with van der Waals surface area (Å²) in [5.41, 5.74) is 16.4. The minimum atomic E-state index is -1.35. The third kappa shape index (κ3) is 9.65. The molecule has 0 atom stereocenters. The number of hydrogen-bond donors (Lipinski definition) is 0. The number of benzene rings is 6. The number of pyridine rings is 2. The maximum absolute atomic E-state index is 5.32. The van der Waals surface area contributed by atoms with Crippen LogP contribution in [0.25, 0.3) is 78.0 Å². The van der Waals surface area contributed by atoms with Crippen molar-refractivity contribution in [3.8, 4) is 45.1 Å². The van der Waals surface area contributed by atoms with Gasteiger partial charge >= 0.3 is 0 Å². The Morgan fingerprint density at radius 3 is 1.88 bits per heavy atom. The molecule has 4 heterocycles. The molecule has 0 saturated carbocycles. The predicted molar refractivity (Wildman–Crippen MR) is 281 cm³/mol. The Kier molecular flexibility index (Phi) is 14.1. The van der Waals surface area contributed by atoms with Crippen LogP contribution in [0.5, 0.6) is 0 Å². The Morgan fingerprint density at radius 2 is 1.24 bits per heavy atom. The second-order valence-electron chi connectivity index (χ2n) is 19.5. The average Bonchev–Trinajstić information content (AvgIpc) is 3.87. The van der Waals surface area contributed by atoms with E-state index in [-0.39, 0.29) is 20.1 Å². The first kappa shape index (κ1) is 47.3. The maximum atomic E-state index is 5.32. The van der Waals surface area contributed by atoms with Crippen LogP contribution in [0.15, 0.2) is 164 Å². The summed E-state index contributed by atoms with van der Waals surface area (Å²) >= 11 is 0. The summed E-state index contributed by atoms with van der Waals surface area (Å²) in [4.78, 5) is 14.0. The van der Waals surface area contributed by atoms with Crippen molar-refractivity contribution in [3.63, 3.8) is 0 Å². The Labute approximate surface area is 411 Å². The molecule has 1 radical (unpaired) electrons. The van der Waals surface area contributed by atoms with E-state index in [0.29, 0.717) is 17.8 Å². The van der Waals surface area contributed by atoms with E-state index in [1.807, 2.05) is 6.07 Å². The van der Waals surface area contributed by atoms with Gasteiger partial charge in [0.1, 0.15) is 0 Å². The molecule has 5 nitrogen and oxygen atoms in total. The summed E-state index contributed by atoms with van der Waals surface area (Å²) in [6, 6.07) is 58.8. The van der Waals surface area contributed by atoms with Gasteiger partial charge in [0, 0.05) is 43.2 Å². The molecule has 339 valence electrons. The van der Waals surface area contributed by atoms with Gasteiger partial charge in [-0.15, -0.1) is 29.8 Å². The SMILES string of the molecule is CC(C)Cc1cc(-c2[c-]cncc2)ncc1[Si](C)(C)C.CC(C)c1cc(-c2ccccc2)cc(C(C)C)c1-n1c(-c2[c-]cc3c(c2)c2ccccc2n3-c2ccccc2)nc2ccccc21.[Ir]. The Hall–Kier alpha value is -6.24. The van der Waals surface area contributed by atoms with Gasteiger partial charge < -0.3 is 14.1 Å². The molecule has 67 heavy (non-hydrogen) atoms. The largest absolute Gasteiger partial charge is 0.351 e. The van der Waals surface area contributed by atoms with E-state index >= 15 is 0 Å². The van der Waals surface area contributed by atoms with E-state index < -0.39 is 8.07 Å². The Morgan fingerprint density at radius 1 is 0.597 bits per heavy atom. The molecule has 7 heteroatoms. The summed E-state index contributed by atoms with van der Waals surface area (Å²) in [6.07, 6.45) is 6.70. The molecule has 0 unspecified atom stereocenters. The molecule has 0 fully saturated rings. The zero-order chi connectivity index (χ0) is 46.1. The van der Waals surface area contributed by atoms with Gasteiger partial charge in [-0.1, -0.05) is 157 Å². The van der Waals surface area contributed by atoms with Crippen LogP contribution >= 0.6 is 0 Å². The van der Waals surface area contributed by atoms with E-state index in [2.05, 4.69) is 238 Å². The number of aromatic nitrogens is 5. The predicted octanol–water partition coefficient (Wildman–Crippen LogP) is 15.2. The van der Waals surface area contributed by atoms with Crippen LogP contribution in [0.3, 0.4) is 0 Å². The second-order valence-corrected chi connectivity index (χ2v) is 24.5. The fourth-order valence-corrected chi connectivity index (χ4v) is 10.9. The maximum Gasteiger partial charge on any atom is 0.0798 e. The van der Waals surface area contributed by atoms with Crippen molar-refractivity contribution >= 4 is 46.1 Å². The van der Waals surface area contributed by atoms with Crippen LogP contribution in [0.1, 0.15) is 70.1 Å². The summed E-state index contributed by atoms with van der Waals surface area (Å²) in [5, 5.41) is 3.89. The van der Waals surface area contributed by atoms with Crippen LogP contribution in [-0.2, 0) is 26.5 Å². The normalized spacial score (nSPS) is 11.7. The fourth-order valence-electron chi connectivity index (χ4n) is 9.35. The number of nitrogens with zero attached hydrogens (tertiary/aromatic N) is 5. The number of para-hydroxylation sites is 4. The molecule has 0 bridgehead atoms. The number of fused-ring (bicyclic) bond motifs is 4. The molecular weight excluding hydrogens is 1010 g/mol. The molecule has 10 rings (SSSR count). The van der Waals surface area contributed by atoms with Crippen molar-refractivity contribution in [2.75, 3.05) is 0 Å². The van der Waals surface area contributed by atoms with Gasteiger partial charge in [0.25, 0.3) is 0 Å². The van der Waals surface area contributed by atoms with Gasteiger partial charge in [-0.25, -0.2) is 0 Å². The standard InChI is InChI=1S/C43H36N3.C17H23N2Si.Ir/c1-28(2)35-26-32(30-15-7-5-8-16-30)27-36(29(3)4)42(35)46-41-22-14-12-20-38(41)44-43(46)31-23-24-40-37(25-31)34-19-11-13-21-39(34)45(40)33-17-9-6-10-18-33;1-13(2)10-15-11-16(14-6-8-18-9-7-14)19-12-17(15)20(3,4)5;/h5-22,24-29H,1-4H3;6,8-9,11-13H,10H2,1-5H3;/q2*-1;. The third-order valence-corrected chi connectivity index (χ3v) is 14.6. The van der Waals surface area contributed by atoms with Crippen LogP contribution in [0.2, 0.25) is 19.6 Å². The Balaban J connectivity index is 0.000000244. The van der Waals surface area contributed by atoms with Crippen LogP contribution in [-0.4, -0.2) is 32.2 Å². The minimum absolute atomic E-state index is 0. The van der Waals surface area contributed by atoms with Gasteiger partial charge in [0.15, 0.2) is 0 Å². The summed E-state index contributed by atoms with van der Waals surface area (Å²) in [6.45, 7) is 20.9. The van der Waals surface area contributed by atoms with Gasteiger partial charge in [-0.05, 0) is 123 Å². The molecule has 0 spiro atoms. The zero-order valence-corrected chi connectivity index (χ0v) is 43.5. The third-order valence-electron chi connectivity index (χ3n) is 12.5. The molecular formula is C60H59IrN5Si-2. The number of imidazole rings is 1. The summed E-state index contributed by atoms with van der Waals surface area (Å²) in [5.74, 6) is 2.18. The fraction of sp³-hybridized carbons (Fsp3) is 0.217. The quantitative estimate of drug-likeness (QED) is 0.101. The molecule has 0 aliphatic rings. The first-order chi connectivity index (χ1) is 31.9. The average molecular weight is 1070 g/mol. The topological polar surface area (TPSA) is 48.5 Å². The molecule has 10 aromatic rings. The molecule has 0 aliphatic carbocycles. The second kappa shape index (κ2) is 19.9. The van der Waals surface area contributed by atoms with Crippen molar-refractivity contribution in [1.29, 1.82) is 0 Å². The van der Waals surface area contributed by atoms with Crippen molar-refractivity contribution in [2.24, 2.45) is 5.92 Å². The monoisotopic (exact) mass is 1070 g/mol. The molecule has 6 aromatic carbocycles. The molecule has 0 N–H and O–H groups in total. The van der Waals surface area contributed by atoms with E-state index in [1.165, 1.54) is 55.0 Å². The van der Waals surface area contributed by atoms with E-state index in [0.717, 1.165) is 51.3 Å². The van der Waals surface area contributed by atoms with E-state index in [1.54, 1.807) is 12.4 Å². The van der Waals surface area contributed by atoms with Crippen molar-refractivity contribution in [1.82, 2.24) is 24.1 Å². The smallest absolute Gasteiger partial charge is 0.0798 e. The number of hydrogen-bond acceptors (Lipinski definition) is 3. The minimum Gasteiger partial charge on any atom is -0.351 e. The van der Waals surface area contributed by atoms with Crippen LogP contribution in [0, 0.1) is 18.1 Å². The van der Waals surface area contributed by atoms with Gasteiger partial charge in [0.05, 0.1) is 24.9 Å². The Bertz CT molecular complexity index is 3260. The van der Waals surface area contributed by atoms with E-state index in [4.69, 9.17) is 4.98 Å². The molecule has 0 aliphatic heterocycles. The summed E-state index contributed by atoms with van der Waals surface area (Å²) < 4.78 is 4.74. The molecule has 0 amide bonds. The van der Waals surface area contributed by atoms with E-state index in [9.17, 15) is 0 Å². The van der Waals surface area contributed by atoms with Gasteiger partial charge in [-0.2, -0.15) is 11.6 Å². The molecule has 0 saturated heterocycles. The first-order valence-electron chi connectivity index (χ1n) is 23.4. The van der Waals surface area contributed by atoms with Crippen molar-refractivity contribution in [3.05, 3.63) is 193 Å². The molecule has 4 aromatic heterocycles. The van der Waals surface area contributed by atoms with Gasteiger partial charge in [-0.3, -0.25) is 9.97 Å². The van der Waals surface area contributed by atoms with Crippen molar-refractivity contribution in [2.45, 2.75) is 79.4 Å². The van der Waals surface area contributed by atoms with Crippen LogP contribution < -0.4 is 5.19 Å². The van der Waals surface area contributed by atoms with Gasteiger partial charge in [0.2, 0.25) is 0 Å².